The fourth-order valence-corrected chi connectivity index (χ4v) is 5.47. The summed E-state index contributed by atoms with van der Waals surface area (Å²) < 4.78 is 33.2. The highest BCUT2D eigenvalue weighted by atomic mass is 32.2. The summed E-state index contributed by atoms with van der Waals surface area (Å²) in [6.07, 6.45) is 4.25. The second-order valence-electron chi connectivity index (χ2n) is 11.0. The van der Waals surface area contributed by atoms with Crippen LogP contribution in [0.3, 0.4) is 0 Å². The molecule has 1 amide bonds. The van der Waals surface area contributed by atoms with Crippen molar-refractivity contribution < 1.29 is 27.7 Å². The number of esters is 1. The largest absolute Gasteiger partial charge is 0.458 e. The van der Waals surface area contributed by atoms with E-state index in [4.69, 9.17) is 4.74 Å². The van der Waals surface area contributed by atoms with Crippen LogP contribution in [0.15, 0.2) is 29.2 Å². The highest BCUT2D eigenvalue weighted by molar-refractivity contribution is 7.89. The number of rotatable bonds is 9. The first kappa shape index (κ1) is 28.7. The lowest BCUT2D eigenvalue weighted by molar-refractivity contribution is -0.387. The standard InChI is InChI=1S/C24H37N3O7S/c1-16(26-35(32,33)20-10-8-7-9-19(20)27(30)31)21(28)25-18(22(29)34-23(2,3)4)15-17-11-13-24(5,6)14-12-17/h7-10,16-18,26H,11-15H2,1-6H3,(H,25,28)/t16-,18-/m0/s1. The molecule has 0 heterocycles. The second kappa shape index (κ2) is 11.0. The number of carbonyl (C=O) groups is 2. The lowest BCUT2D eigenvalue weighted by Gasteiger charge is -2.36. The number of benzene rings is 1. The zero-order valence-corrected chi connectivity index (χ0v) is 22.1. The number of ether oxygens (including phenoxy) is 1. The smallest absolute Gasteiger partial charge is 0.329 e. The van der Waals surface area contributed by atoms with E-state index in [2.05, 4.69) is 23.9 Å². The molecule has 196 valence electrons. The average Bonchev–Trinajstić information content (AvgIpc) is 2.72. The van der Waals surface area contributed by atoms with Crippen LogP contribution in [0.25, 0.3) is 0 Å². The van der Waals surface area contributed by atoms with Crippen LogP contribution in [0.4, 0.5) is 5.69 Å². The maximum absolute atomic E-state index is 12.9. The van der Waals surface area contributed by atoms with Crippen LogP contribution in [0, 0.1) is 21.4 Å². The van der Waals surface area contributed by atoms with Crippen LogP contribution in [0.2, 0.25) is 0 Å². The van der Waals surface area contributed by atoms with E-state index in [9.17, 15) is 28.1 Å². The molecular formula is C24H37N3O7S. The van der Waals surface area contributed by atoms with Crippen LogP contribution in [0.1, 0.15) is 73.6 Å². The molecule has 0 unspecified atom stereocenters. The third-order valence-electron chi connectivity index (χ3n) is 6.11. The molecule has 0 saturated heterocycles. The van der Waals surface area contributed by atoms with E-state index in [-0.39, 0.29) is 11.3 Å². The van der Waals surface area contributed by atoms with Crippen molar-refractivity contribution in [1.29, 1.82) is 0 Å². The van der Waals surface area contributed by atoms with Gasteiger partial charge in [0.25, 0.3) is 5.69 Å². The van der Waals surface area contributed by atoms with E-state index in [0.717, 1.165) is 37.8 Å². The predicted molar refractivity (Wildman–Crippen MR) is 131 cm³/mol. The number of hydrogen-bond donors (Lipinski definition) is 2. The quantitative estimate of drug-likeness (QED) is 0.292. The lowest BCUT2D eigenvalue weighted by atomic mass is 9.71. The molecule has 2 N–H and O–H groups in total. The van der Waals surface area contributed by atoms with Crippen LogP contribution < -0.4 is 10.0 Å². The summed E-state index contributed by atoms with van der Waals surface area (Å²) in [6.45, 7) is 10.9. The summed E-state index contributed by atoms with van der Waals surface area (Å²) >= 11 is 0. The molecule has 10 nitrogen and oxygen atoms in total. The summed E-state index contributed by atoms with van der Waals surface area (Å²) in [7, 11) is -4.37. The Labute approximate surface area is 207 Å². The molecule has 1 saturated carbocycles. The first-order valence-electron chi connectivity index (χ1n) is 11.8. The minimum absolute atomic E-state index is 0.222. The molecule has 0 radical (unpaired) electrons. The van der Waals surface area contributed by atoms with Crippen molar-refractivity contribution in [2.45, 2.75) is 96.2 Å². The fourth-order valence-electron chi connectivity index (χ4n) is 4.10. The molecule has 1 aromatic carbocycles. The van der Waals surface area contributed by atoms with E-state index in [1.54, 1.807) is 20.8 Å². The normalized spacial score (nSPS) is 18.3. The van der Waals surface area contributed by atoms with Gasteiger partial charge in [0.15, 0.2) is 4.90 Å². The van der Waals surface area contributed by atoms with E-state index < -0.39 is 55.1 Å². The van der Waals surface area contributed by atoms with Gasteiger partial charge in [0, 0.05) is 6.07 Å². The first-order chi connectivity index (χ1) is 16.0. The number of nitro benzene ring substituents is 1. The zero-order valence-electron chi connectivity index (χ0n) is 21.3. The molecule has 1 fully saturated rings. The van der Waals surface area contributed by atoms with E-state index in [1.807, 2.05) is 0 Å². The number of nitrogens with one attached hydrogen (secondary N) is 2. The van der Waals surface area contributed by atoms with Gasteiger partial charge in [-0.2, -0.15) is 4.72 Å². The molecule has 1 aliphatic rings. The van der Waals surface area contributed by atoms with Gasteiger partial charge >= 0.3 is 5.97 Å². The Balaban J connectivity index is 2.15. The van der Waals surface area contributed by atoms with Gasteiger partial charge in [-0.3, -0.25) is 14.9 Å². The van der Waals surface area contributed by atoms with Crippen molar-refractivity contribution in [2.75, 3.05) is 0 Å². The van der Waals surface area contributed by atoms with Crippen molar-refractivity contribution >= 4 is 27.6 Å². The first-order valence-corrected chi connectivity index (χ1v) is 13.3. The summed E-state index contributed by atoms with van der Waals surface area (Å²) in [5.41, 5.74) is -1.11. The number of para-hydroxylation sites is 1. The topological polar surface area (TPSA) is 145 Å². The molecule has 2 atom stereocenters. The maximum atomic E-state index is 12.9. The number of hydrogen-bond acceptors (Lipinski definition) is 7. The van der Waals surface area contributed by atoms with Gasteiger partial charge in [-0.1, -0.05) is 26.0 Å². The Bertz CT molecular complexity index is 1040. The fraction of sp³-hybridized carbons (Fsp3) is 0.667. The van der Waals surface area contributed by atoms with Gasteiger partial charge in [-0.15, -0.1) is 0 Å². The molecule has 0 bridgehead atoms. The molecule has 0 aliphatic heterocycles. The summed E-state index contributed by atoms with van der Waals surface area (Å²) in [5, 5.41) is 13.9. The van der Waals surface area contributed by atoms with E-state index in [1.165, 1.54) is 19.1 Å². The lowest BCUT2D eigenvalue weighted by Crippen LogP contribution is -2.52. The Morgan fingerprint density at radius 2 is 1.77 bits per heavy atom. The van der Waals surface area contributed by atoms with Crippen molar-refractivity contribution in [3.63, 3.8) is 0 Å². The summed E-state index contributed by atoms with van der Waals surface area (Å²) in [5.74, 6) is -1.08. The molecular weight excluding hydrogens is 474 g/mol. The Morgan fingerprint density at radius 3 is 2.31 bits per heavy atom. The monoisotopic (exact) mass is 511 g/mol. The molecule has 0 aromatic heterocycles. The number of carbonyl (C=O) groups excluding carboxylic acids is 2. The van der Waals surface area contributed by atoms with Crippen molar-refractivity contribution in [1.82, 2.24) is 10.0 Å². The minimum atomic E-state index is -4.37. The SMILES string of the molecule is C[C@H](NS(=O)(=O)c1ccccc1[N+](=O)[O-])C(=O)N[C@@H](CC1CCC(C)(C)CC1)C(=O)OC(C)(C)C. The molecule has 11 heteroatoms. The number of nitrogens with zero attached hydrogens (tertiary/aromatic N) is 1. The van der Waals surface area contributed by atoms with Crippen molar-refractivity contribution in [3.8, 4) is 0 Å². The highest BCUT2D eigenvalue weighted by Crippen LogP contribution is 2.39. The molecule has 0 spiro atoms. The Hall–Kier alpha value is -2.53. The van der Waals surface area contributed by atoms with Crippen LogP contribution in [-0.4, -0.2) is 42.9 Å². The number of nitro groups is 1. The van der Waals surface area contributed by atoms with Gasteiger partial charge < -0.3 is 10.1 Å². The Kier molecular flexibility index (Phi) is 9.05. The van der Waals surface area contributed by atoms with Gasteiger partial charge in [-0.05, 0) is 77.2 Å². The van der Waals surface area contributed by atoms with Crippen molar-refractivity contribution in [2.24, 2.45) is 11.3 Å². The molecule has 1 aromatic rings. The molecule has 1 aliphatic carbocycles. The van der Waals surface area contributed by atoms with Crippen LogP contribution in [0.5, 0.6) is 0 Å². The Morgan fingerprint density at radius 1 is 1.20 bits per heavy atom. The maximum Gasteiger partial charge on any atom is 0.329 e. The molecule has 35 heavy (non-hydrogen) atoms. The minimum Gasteiger partial charge on any atom is -0.458 e. The third kappa shape index (κ3) is 8.57. The highest BCUT2D eigenvalue weighted by Gasteiger charge is 2.35. The molecule has 2 rings (SSSR count). The van der Waals surface area contributed by atoms with Crippen LogP contribution >= 0.6 is 0 Å². The second-order valence-corrected chi connectivity index (χ2v) is 12.7. The predicted octanol–water partition coefficient (Wildman–Crippen LogP) is 3.69. The van der Waals surface area contributed by atoms with Gasteiger partial charge in [-0.25, -0.2) is 13.2 Å². The van der Waals surface area contributed by atoms with E-state index in [0.29, 0.717) is 6.42 Å². The van der Waals surface area contributed by atoms with Gasteiger partial charge in [0.05, 0.1) is 11.0 Å². The van der Waals surface area contributed by atoms with Crippen molar-refractivity contribution in [3.05, 3.63) is 34.4 Å². The summed E-state index contributed by atoms with van der Waals surface area (Å²) in [6, 6.07) is 2.66. The van der Waals surface area contributed by atoms with Gasteiger partial charge in [0.2, 0.25) is 15.9 Å². The number of amides is 1. The third-order valence-corrected chi connectivity index (χ3v) is 7.70. The van der Waals surface area contributed by atoms with Gasteiger partial charge in [0.1, 0.15) is 11.6 Å². The number of sulfonamides is 1. The summed E-state index contributed by atoms with van der Waals surface area (Å²) in [4.78, 5) is 35.7. The van der Waals surface area contributed by atoms with E-state index >= 15 is 0 Å². The average molecular weight is 512 g/mol. The van der Waals surface area contributed by atoms with Crippen LogP contribution in [-0.2, 0) is 24.3 Å². The zero-order chi connectivity index (χ0) is 26.6.